The Morgan fingerprint density at radius 3 is 1.90 bits per heavy atom. The van der Waals surface area contributed by atoms with Crippen molar-refractivity contribution in [3.8, 4) is 0 Å². The lowest BCUT2D eigenvalue weighted by Gasteiger charge is -2.29. The van der Waals surface area contributed by atoms with Gasteiger partial charge in [-0.15, -0.1) is 0 Å². The number of unbranched alkanes of at least 4 members (excludes halogenated alkanes) is 4. The summed E-state index contributed by atoms with van der Waals surface area (Å²) in [7, 11) is 0. The van der Waals surface area contributed by atoms with Gasteiger partial charge in [-0.2, -0.15) is 0 Å². The molecule has 3 heteroatoms. The Labute approximate surface area is 125 Å². The molecule has 2 N–H and O–H groups in total. The lowest BCUT2D eigenvalue weighted by Crippen LogP contribution is -2.36. The number of nitrogens with two attached hydrogens (primary N) is 1. The molecule has 0 bridgehead atoms. The molecule has 1 unspecified atom stereocenters. The quantitative estimate of drug-likeness (QED) is 0.436. The van der Waals surface area contributed by atoms with Crippen LogP contribution < -0.4 is 5.73 Å². The Kier molecular flexibility index (Phi) is 11.5. The SMILES string of the molecule is CCCCCN(CCCCC)C(C=C(C)C(N)=O)CC. The molecule has 0 saturated carbocycles. The van der Waals surface area contributed by atoms with Crippen LogP contribution in [0.15, 0.2) is 11.6 Å². The van der Waals surface area contributed by atoms with E-state index in [2.05, 4.69) is 31.7 Å². The minimum Gasteiger partial charge on any atom is -0.366 e. The highest BCUT2D eigenvalue weighted by Crippen LogP contribution is 2.13. The molecule has 1 amide bonds. The molecule has 0 aromatic heterocycles. The van der Waals surface area contributed by atoms with Gasteiger partial charge in [0.15, 0.2) is 0 Å². The summed E-state index contributed by atoms with van der Waals surface area (Å²) in [6.45, 7) is 10.7. The molecule has 0 radical (unpaired) electrons. The highest BCUT2D eigenvalue weighted by Gasteiger charge is 2.15. The highest BCUT2D eigenvalue weighted by atomic mass is 16.1. The van der Waals surface area contributed by atoms with Crippen LogP contribution >= 0.6 is 0 Å². The smallest absolute Gasteiger partial charge is 0.244 e. The van der Waals surface area contributed by atoms with Crippen LogP contribution in [0.2, 0.25) is 0 Å². The van der Waals surface area contributed by atoms with Crippen molar-refractivity contribution in [2.75, 3.05) is 13.1 Å². The van der Waals surface area contributed by atoms with E-state index in [1.165, 1.54) is 38.5 Å². The van der Waals surface area contributed by atoms with Crippen molar-refractivity contribution in [3.63, 3.8) is 0 Å². The molecule has 1 atom stereocenters. The lowest BCUT2D eigenvalue weighted by molar-refractivity contribution is -0.114. The zero-order valence-electron chi connectivity index (χ0n) is 14.0. The number of hydrogen-bond donors (Lipinski definition) is 1. The van der Waals surface area contributed by atoms with Crippen LogP contribution in [0.25, 0.3) is 0 Å². The number of nitrogens with zero attached hydrogens (tertiary/aromatic N) is 1. The third-order valence-corrected chi connectivity index (χ3v) is 3.82. The number of hydrogen-bond acceptors (Lipinski definition) is 2. The average molecular weight is 282 g/mol. The van der Waals surface area contributed by atoms with Gasteiger partial charge < -0.3 is 5.73 Å². The second-order valence-electron chi connectivity index (χ2n) is 5.64. The Morgan fingerprint density at radius 2 is 1.55 bits per heavy atom. The molecule has 0 fully saturated rings. The maximum atomic E-state index is 11.2. The summed E-state index contributed by atoms with van der Waals surface area (Å²) in [6.07, 6.45) is 10.6. The third kappa shape index (κ3) is 8.36. The van der Waals surface area contributed by atoms with Gasteiger partial charge in [-0.3, -0.25) is 9.69 Å². The summed E-state index contributed by atoms with van der Waals surface area (Å²) < 4.78 is 0. The fourth-order valence-electron chi connectivity index (χ4n) is 2.43. The molecule has 118 valence electrons. The molecule has 0 aliphatic rings. The lowest BCUT2D eigenvalue weighted by atomic mass is 10.1. The second-order valence-corrected chi connectivity index (χ2v) is 5.64. The first kappa shape index (κ1) is 19.2. The first-order valence-corrected chi connectivity index (χ1v) is 8.29. The normalized spacial score (nSPS) is 13.8. The van der Waals surface area contributed by atoms with E-state index in [0.717, 1.165) is 19.5 Å². The van der Waals surface area contributed by atoms with E-state index in [1.807, 2.05) is 6.92 Å². The predicted octanol–water partition coefficient (Wildman–Crippen LogP) is 3.88. The van der Waals surface area contributed by atoms with E-state index in [0.29, 0.717) is 11.6 Å². The standard InChI is InChI=1S/C17H34N2O/c1-5-8-10-12-19(13-11-9-6-2)16(7-3)14-15(4)17(18)20/h14,16H,5-13H2,1-4H3,(H2,18,20). The summed E-state index contributed by atoms with van der Waals surface area (Å²) >= 11 is 0. The summed E-state index contributed by atoms with van der Waals surface area (Å²) in [5.74, 6) is -0.300. The van der Waals surface area contributed by atoms with Gasteiger partial charge in [0.2, 0.25) is 5.91 Å². The van der Waals surface area contributed by atoms with Crippen LogP contribution in [-0.2, 0) is 4.79 Å². The number of amides is 1. The maximum Gasteiger partial charge on any atom is 0.244 e. The summed E-state index contributed by atoms with van der Waals surface area (Å²) in [5.41, 5.74) is 6.04. The molecule has 0 aliphatic heterocycles. The van der Waals surface area contributed by atoms with Crippen molar-refractivity contribution in [1.29, 1.82) is 0 Å². The topological polar surface area (TPSA) is 46.3 Å². The van der Waals surface area contributed by atoms with E-state index < -0.39 is 0 Å². The van der Waals surface area contributed by atoms with E-state index in [4.69, 9.17) is 5.73 Å². The monoisotopic (exact) mass is 282 g/mol. The van der Waals surface area contributed by atoms with Crippen LogP contribution in [0.4, 0.5) is 0 Å². The molecule has 0 heterocycles. The van der Waals surface area contributed by atoms with E-state index >= 15 is 0 Å². The number of primary amides is 1. The van der Waals surface area contributed by atoms with Crippen molar-refractivity contribution in [3.05, 3.63) is 11.6 Å². The van der Waals surface area contributed by atoms with Gasteiger partial charge >= 0.3 is 0 Å². The predicted molar refractivity (Wildman–Crippen MR) is 87.7 cm³/mol. The van der Waals surface area contributed by atoms with Gasteiger partial charge in [0.25, 0.3) is 0 Å². The van der Waals surface area contributed by atoms with Gasteiger partial charge in [-0.25, -0.2) is 0 Å². The molecular weight excluding hydrogens is 248 g/mol. The molecule has 0 saturated heterocycles. The van der Waals surface area contributed by atoms with Gasteiger partial charge in [-0.1, -0.05) is 52.5 Å². The third-order valence-electron chi connectivity index (χ3n) is 3.82. The Hall–Kier alpha value is -0.830. The zero-order valence-corrected chi connectivity index (χ0v) is 14.0. The largest absolute Gasteiger partial charge is 0.366 e. The molecule has 0 aliphatic carbocycles. The fraction of sp³-hybridized carbons (Fsp3) is 0.824. The Morgan fingerprint density at radius 1 is 1.05 bits per heavy atom. The second kappa shape index (κ2) is 12.0. The molecule has 0 spiro atoms. The van der Waals surface area contributed by atoms with Crippen LogP contribution in [0.5, 0.6) is 0 Å². The molecule has 0 rings (SSSR count). The van der Waals surface area contributed by atoms with Crippen molar-refractivity contribution in [2.24, 2.45) is 5.73 Å². The number of carbonyl (C=O) groups is 1. The minimum absolute atomic E-state index is 0.300. The van der Waals surface area contributed by atoms with Crippen LogP contribution in [-0.4, -0.2) is 29.9 Å². The Bertz CT molecular complexity index is 277. The number of rotatable bonds is 12. The van der Waals surface area contributed by atoms with Crippen LogP contribution in [0, 0.1) is 0 Å². The summed E-state index contributed by atoms with van der Waals surface area (Å²) in [5, 5.41) is 0. The molecule has 3 nitrogen and oxygen atoms in total. The summed E-state index contributed by atoms with van der Waals surface area (Å²) in [4.78, 5) is 13.8. The highest BCUT2D eigenvalue weighted by molar-refractivity contribution is 5.91. The van der Waals surface area contributed by atoms with Crippen molar-refractivity contribution < 1.29 is 4.79 Å². The number of carbonyl (C=O) groups excluding carboxylic acids is 1. The van der Waals surface area contributed by atoms with E-state index in [9.17, 15) is 4.79 Å². The first-order valence-electron chi connectivity index (χ1n) is 8.29. The summed E-state index contributed by atoms with van der Waals surface area (Å²) in [6, 6.07) is 0.344. The van der Waals surface area contributed by atoms with E-state index in [1.54, 1.807) is 0 Å². The molecule has 20 heavy (non-hydrogen) atoms. The average Bonchev–Trinajstić information content (AvgIpc) is 2.43. The Balaban J connectivity index is 4.65. The molecule has 0 aromatic rings. The van der Waals surface area contributed by atoms with Crippen LogP contribution in [0.3, 0.4) is 0 Å². The van der Waals surface area contributed by atoms with Crippen molar-refractivity contribution >= 4 is 5.91 Å². The van der Waals surface area contributed by atoms with Gasteiger partial charge in [0.05, 0.1) is 0 Å². The first-order chi connectivity index (χ1) is 9.56. The van der Waals surface area contributed by atoms with Crippen molar-refractivity contribution in [1.82, 2.24) is 4.90 Å². The minimum atomic E-state index is -0.300. The van der Waals surface area contributed by atoms with Gasteiger partial charge in [0, 0.05) is 11.6 Å². The van der Waals surface area contributed by atoms with Crippen LogP contribution in [0.1, 0.15) is 72.6 Å². The molecule has 0 aromatic carbocycles. The van der Waals surface area contributed by atoms with E-state index in [-0.39, 0.29) is 5.91 Å². The maximum absolute atomic E-state index is 11.2. The van der Waals surface area contributed by atoms with Crippen molar-refractivity contribution in [2.45, 2.75) is 78.7 Å². The zero-order chi connectivity index (χ0) is 15.4. The fourth-order valence-corrected chi connectivity index (χ4v) is 2.43. The van der Waals surface area contributed by atoms with Gasteiger partial charge in [-0.05, 0) is 39.3 Å². The van der Waals surface area contributed by atoms with Gasteiger partial charge in [0.1, 0.15) is 0 Å². The molecular formula is C17H34N2O.